The Hall–Kier alpha value is -3.43. The maximum absolute atomic E-state index is 13.6. The van der Waals surface area contributed by atoms with Crippen LogP contribution in [0.25, 0.3) is 0 Å². The topological polar surface area (TPSA) is 86.8 Å². The van der Waals surface area contributed by atoms with E-state index in [0.717, 1.165) is 21.7 Å². The average molecular weight is 560 g/mol. The summed E-state index contributed by atoms with van der Waals surface area (Å²) in [5.41, 5.74) is 1.96. The van der Waals surface area contributed by atoms with E-state index in [0.29, 0.717) is 17.1 Å². The molecule has 3 aromatic rings. The summed E-state index contributed by atoms with van der Waals surface area (Å²) < 4.78 is 39.3. The van der Waals surface area contributed by atoms with Crippen LogP contribution in [-0.2, 0) is 32.6 Å². The van der Waals surface area contributed by atoms with Crippen molar-refractivity contribution in [2.75, 3.05) is 24.2 Å². The number of carbonyl (C=O) groups excluding carboxylic acids is 2. The Morgan fingerprint density at radius 3 is 2.24 bits per heavy atom. The van der Waals surface area contributed by atoms with Crippen LogP contribution < -0.4 is 9.62 Å². The molecular formula is C28H31ClFN3O4S. The van der Waals surface area contributed by atoms with Crippen LogP contribution in [0.1, 0.15) is 24.0 Å². The predicted octanol–water partition coefficient (Wildman–Crippen LogP) is 4.41. The van der Waals surface area contributed by atoms with Gasteiger partial charge in [-0.15, -0.1) is 0 Å². The molecule has 0 aliphatic heterocycles. The first kappa shape index (κ1) is 29.1. The molecule has 0 saturated heterocycles. The van der Waals surface area contributed by atoms with Crippen LogP contribution in [0.15, 0.2) is 78.9 Å². The minimum atomic E-state index is -3.67. The van der Waals surface area contributed by atoms with Gasteiger partial charge in [0.2, 0.25) is 21.8 Å². The number of anilines is 1. The second kappa shape index (κ2) is 13.4. The second-order valence-electron chi connectivity index (χ2n) is 8.89. The summed E-state index contributed by atoms with van der Waals surface area (Å²) in [6.45, 7) is 0.169. The lowest BCUT2D eigenvalue weighted by Gasteiger charge is -2.31. The lowest BCUT2D eigenvalue weighted by molar-refractivity contribution is -0.141. The highest BCUT2D eigenvalue weighted by atomic mass is 35.5. The molecule has 202 valence electrons. The number of amides is 2. The van der Waals surface area contributed by atoms with Crippen molar-refractivity contribution < 1.29 is 22.4 Å². The average Bonchev–Trinajstić information content (AvgIpc) is 2.88. The summed E-state index contributed by atoms with van der Waals surface area (Å²) >= 11 is 6.17. The predicted molar refractivity (Wildman–Crippen MR) is 148 cm³/mol. The molecular weight excluding hydrogens is 529 g/mol. The molecule has 7 nitrogen and oxygen atoms in total. The number of benzene rings is 3. The molecule has 0 aromatic heterocycles. The van der Waals surface area contributed by atoms with E-state index in [2.05, 4.69) is 5.32 Å². The van der Waals surface area contributed by atoms with E-state index in [1.54, 1.807) is 18.2 Å². The van der Waals surface area contributed by atoms with Crippen molar-refractivity contribution >= 4 is 39.1 Å². The molecule has 0 saturated carbocycles. The first-order chi connectivity index (χ1) is 18.1. The van der Waals surface area contributed by atoms with Crippen molar-refractivity contribution in [1.29, 1.82) is 0 Å². The molecule has 0 heterocycles. The second-order valence-corrected chi connectivity index (χ2v) is 11.2. The maximum atomic E-state index is 13.6. The molecule has 3 rings (SSSR count). The highest BCUT2D eigenvalue weighted by Gasteiger charge is 2.30. The van der Waals surface area contributed by atoms with E-state index >= 15 is 0 Å². The van der Waals surface area contributed by atoms with Crippen molar-refractivity contribution in [3.63, 3.8) is 0 Å². The highest BCUT2D eigenvalue weighted by molar-refractivity contribution is 7.92. The molecule has 3 aromatic carbocycles. The van der Waals surface area contributed by atoms with Gasteiger partial charge in [0.15, 0.2) is 0 Å². The standard InChI is InChI=1S/C28H31ClFN3O4S/c1-31-28(35)26(19-21-8-4-3-5-9-21)32(20-22-10-6-11-23(29)18-22)27(34)12-7-17-33(38(2,36)37)25-15-13-24(30)14-16-25/h3-6,8-11,13-16,18,26H,7,12,17,19-20H2,1-2H3,(H,31,35). The van der Waals surface area contributed by atoms with Gasteiger partial charge in [-0.3, -0.25) is 13.9 Å². The minimum absolute atomic E-state index is 0.00390. The molecule has 0 spiro atoms. The third kappa shape index (κ3) is 8.29. The minimum Gasteiger partial charge on any atom is -0.357 e. The third-order valence-corrected chi connectivity index (χ3v) is 7.46. The first-order valence-electron chi connectivity index (χ1n) is 12.1. The van der Waals surface area contributed by atoms with E-state index in [1.807, 2.05) is 36.4 Å². The molecule has 0 aliphatic carbocycles. The van der Waals surface area contributed by atoms with Gasteiger partial charge in [-0.1, -0.05) is 54.1 Å². The fourth-order valence-electron chi connectivity index (χ4n) is 4.16. The number of carbonyl (C=O) groups is 2. The van der Waals surface area contributed by atoms with Crippen molar-refractivity contribution in [2.24, 2.45) is 0 Å². The Labute approximate surface area is 228 Å². The quantitative estimate of drug-likeness (QED) is 0.356. The molecule has 0 aliphatic rings. The Morgan fingerprint density at radius 1 is 0.974 bits per heavy atom. The van der Waals surface area contributed by atoms with Gasteiger partial charge in [-0.05, 0) is 53.9 Å². The van der Waals surface area contributed by atoms with Gasteiger partial charge in [0.05, 0.1) is 11.9 Å². The van der Waals surface area contributed by atoms with E-state index < -0.39 is 21.9 Å². The number of likely N-dealkylation sites (N-methyl/N-ethyl adjacent to an activating group) is 1. The van der Waals surface area contributed by atoms with Crippen LogP contribution in [0.2, 0.25) is 5.02 Å². The summed E-state index contributed by atoms with van der Waals surface area (Å²) in [4.78, 5) is 28.1. The fraction of sp³-hybridized carbons (Fsp3) is 0.286. The monoisotopic (exact) mass is 559 g/mol. The summed E-state index contributed by atoms with van der Waals surface area (Å²) in [6, 6.07) is 20.8. The number of hydrogen-bond acceptors (Lipinski definition) is 4. The number of nitrogens with zero attached hydrogens (tertiary/aromatic N) is 2. The van der Waals surface area contributed by atoms with Crippen LogP contribution in [0, 0.1) is 5.82 Å². The molecule has 1 N–H and O–H groups in total. The van der Waals surface area contributed by atoms with Crippen LogP contribution in [0.3, 0.4) is 0 Å². The molecule has 1 unspecified atom stereocenters. The zero-order chi connectivity index (χ0) is 27.7. The van der Waals surface area contributed by atoms with Crippen LogP contribution in [0.4, 0.5) is 10.1 Å². The Balaban J connectivity index is 1.84. The van der Waals surface area contributed by atoms with Crippen LogP contribution in [0.5, 0.6) is 0 Å². The molecule has 1 atom stereocenters. The fourth-order valence-corrected chi connectivity index (χ4v) is 5.34. The van der Waals surface area contributed by atoms with Crippen LogP contribution in [-0.4, -0.2) is 51.0 Å². The van der Waals surface area contributed by atoms with E-state index in [-0.39, 0.29) is 37.7 Å². The Morgan fingerprint density at radius 2 is 1.63 bits per heavy atom. The third-order valence-electron chi connectivity index (χ3n) is 6.03. The van der Waals surface area contributed by atoms with Crippen molar-refractivity contribution in [3.05, 3.63) is 101 Å². The molecule has 0 fully saturated rings. The van der Waals surface area contributed by atoms with Gasteiger partial charge in [0, 0.05) is 38.0 Å². The largest absolute Gasteiger partial charge is 0.357 e. The van der Waals surface area contributed by atoms with Gasteiger partial charge < -0.3 is 10.2 Å². The summed E-state index contributed by atoms with van der Waals surface area (Å²) in [5, 5.41) is 3.17. The number of hydrogen-bond donors (Lipinski definition) is 1. The van der Waals surface area contributed by atoms with Crippen molar-refractivity contribution in [2.45, 2.75) is 31.8 Å². The zero-order valence-corrected chi connectivity index (χ0v) is 22.9. The van der Waals surface area contributed by atoms with Gasteiger partial charge in [0.1, 0.15) is 11.9 Å². The van der Waals surface area contributed by atoms with E-state index in [4.69, 9.17) is 11.6 Å². The molecule has 10 heteroatoms. The Bertz CT molecular complexity index is 1340. The molecule has 38 heavy (non-hydrogen) atoms. The van der Waals surface area contributed by atoms with Crippen molar-refractivity contribution in [3.8, 4) is 0 Å². The molecule has 2 amide bonds. The van der Waals surface area contributed by atoms with E-state index in [1.165, 1.54) is 36.2 Å². The lowest BCUT2D eigenvalue weighted by Crippen LogP contribution is -2.49. The van der Waals surface area contributed by atoms with Gasteiger partial charge in [-0.25, -0.2) is 12.8 Å². The van der Waals surface area contributed by atoms with E-state index in [9.17, 15) is 22.4 Å². The van der Waals surface area contributed by atoms with Gasteiger partial charge in [0.25, 0.3) is 0 Å². The molecule has 0 radical (unpaired) electrons. The smallest absolute Gasteiger partial charge is 0.242 e. The number of sulfonamides is 1. The molecule has 0 bridgehead atoms. The maximum Gasteiger partial charge on any atom is 0.242 e. The Kier molecular flexibility index (Phi) is 10.3. The normalized spacial score (nSPS) is 12.0. The van der Waals surface area contributed by atoms with Crippen LogP contribution >= 0.6 is 11.6 Å². The lowest BCUT2D eigenvalue weighted by atomic mass is 10.0. The van der Waals surface area contributed by atoms with Crippen molar-refractivity contribution in [1.82, 2.24) is 10.2 Å². The van der Waals surface area contributed by atoms with Gasteiger partial charge >= 0.3 is 0 Å². The number of halogens is 2. The first-order valence-corrected chi connectivity index (χ1v) is 14.3. The summed E-state index contributed by atoms with van der Waals surface area (Å²) in [5.74, 6) is -1.09. The summed E-state index contributed by atoms with van der Waals surface area (Å²) in [7, 11) is -2.15. The van der Waals surface area contributed by atoms with Gasteiger partial charge in [-0.2, -0.15) is 0 Å². The summed E-state index contributed by atoms with van der Waals surface area (Å²) in [6.07, 6.45) is 1.56. The highest BCUT2D eigenvalue weighted by Crippen LogP contribution is 2.21. The zero-order valence-electron chi connectivity index (χ0n) is 21.3. The number of rotatable bonds is 12. The SMILES string of the molecule is CNC(=O)C(Cc1ccccc1)N(Cc1cccc(Cl)c1)C(=O)CCCN(c1ccc(F)cc1)S(C)(=O)=O. The number of nitrogens with one attached hydrogen (secondary N) is 1.